The Morgan fingerprint density at radius 1 is 1.28 bits per heavy atom. The molecule has 0 aliphatic carbocycles. The molecule has 1 aliphatic heterocycles. The van der Waals surface area contributed by atoms with Crippen LogP contribution in [0.4, 0.5) is 0 Å². The van der Waals surface area contributed by atoms with Crippen LogP contribution in [-0.2, 0) is 6.54 Å². The lowest BCUT2D eigenvalue weighted by atomic mass is 10.0. The Balaban J connectivity index is 1.76. The quantitative estimate of drug-likeness (QED) is 0.878. The zero-order valence-corrected chi connectivity index (χ0v) is 12.6. The maximum Gasteiger partial charge on any atom is 0.0300 e. The lowest BCUT2D eigenvalue weighted by Gasteiger charge is -2.43. The fourth-order valence-corrected chi connectivity index (χ4v) is 3.10. The molecule has 2 rings (SSSR count). The summed E-state index contributed by atoms with van der Waals surface area (Å²) in [5.74, 6) is 0. The third kappa shape index (κ3) is 3.79. The van der Waals surface area contributed by atoms with Crippen LogP contribution >= 0.6 is 11.3 Å². The maximum atomic E-state index is 3.59. The smallest absolute Gasteiger partial charge is 0.0300 e. The average Bonchev–Trinajstić information content (AvgIpc) is 2.82. The second-order valence-electron chi connectivity index (χ2n) is 5.79. The first-order chi connectivity index (χ1) is 8.58. The molecule has 0 spiro atoms. The van der Waals surface area contributed by atoms with Crippen LogP contribution in [0, 0.1) is 0 Å². The molecule has 0 amide bonds. The van der Waals surface area contributed by atoms with Crippen molar-refractivity contribution in [2.75, 3.05) is 39.8 Å². The van der Waals surface area contributed by atoms with Crippen LogP contribution in [0.1, 0.15) is 18.7 Å². The molecule has 0 bridgehead atoms. The van der Waals surface area contributed by atoms with Gasteiger partial charge in [0.05, 0.1) is 0 Å². The van der Waals surface area contributed by atoms with Gasteiger partial charge >= 0.3 is 0 Å². The van der Waals surface area contributed by atoms with Crippen molar-refractivity contribution >= 4 is 11.3 Å². The molecule has 1 aromatic heterocycles. The van der Waals surface area contributed by atoms with Crippen LogP contribution in [0.15, 0.2) is 17.5 Å². The molecule has 0 radical (unpaired) electrons. The van der Waals surface area contributed by atoms with E-state index >= 15 is 0 Å². The highest BCUT2D eigenvalue weighted by molar-refractivity contribution is 7.09. The number of hydrogen-bond acceptors (Lipinski definition) is 4. The highest BCUT2D eigenvalue weighted by Crippen LogP contribution is 2.16. The van der Waals surface area contributed by atoms with Gasteiger partial charge < -0.3 is 10.2 Å². The van der Waals surface area contributed by atoms with Crippen LogP contribution in [-0.4, -0.2) is 55.1 Å². The Kier molecular flexibility index (Phi) is 4.78. The van der Waals surface area contributed by atoms with E-state index in [0.717, 1.165) is 13.1 Å². The van der Waals surface area contributed by atoms with Crippen LogP contribution in [0.5, 0.6) is 0 Å². The number of hydrogen-bond donors (Lipinski definition) is 1. The number of nitrogens with zero attached hydrogens (tertiary/aromatic N) is 2. The molecule has 102 valence electrons. The predicted molar refractivity (Wildman–Crippen MR) is 79.2 cm³/mol. The van der Waals surface area contributed by atoms with E-state index in [9.17, 15) is 0 Å². The summed E-state index contributed by atoms with van der Waals surface area (Å²) in [5.41, 5.74) is 0.249. The van der Waals surface area contributed by atoms with Gasteiger partial charge in [0.25, 0.3) is 0 Å². The molecule has 1 aliphatic rings. The Morgan fingerprint density at radius 3 is 2.61 bits per heavy atom. The summed E-state index contributed by atoms with van der Waals surface area (Å²) in [7, 11) is 2.21. The summed E-state index contributed by atoms with van der Waals surface area (Å²) in [6, 6.07) is 4.31. The zero-order chi connectivity index (χ0) is 13.0. The summed E-state index contributed by atoms with van der Waals surface area (Å²) in [6.07, 6.45) is 0. The minimum absolute atomic E-state index is 0.249. The van der Waals surface area contributed by atoms with Gasteiger partial charge in [0.2, 0.25) is 0 Å². The third-order valence-electron chi connectivity index (χ3n) is 3.80. The van der Waals surface area contributed by atoms with E-state index in [0.29, 0.717) is 0 Å². The van der Waals surface area contributed by atoms with Gasteiger partial charge in [0.15, 0.2) is 0 Å². The topological polar surface area (TPSA) is 18.5 Å². The minimum atomic E-state index is 0.249. The Labute approximate surface area is 115 Å². The van der Waals surface area contributed by atoms with E-state index in [4.69, 9.17) is 0 Å². The summed E-state index contributed by atoms with van der Waals surface area (Å²) >= 11 is 1.83. The first-order valence-corrected chi connectivity index (χ1v) is 7.62. The molecule has 3 nitrogen and oxygen atoms in total. The lowest BCUT2D eigenvalue weighted by Crippen LogP contribution is -2.57. The highest BCUT2D eigenvalue weighted by atomic mass is 32.1. The van der Waals surface area contributed by atoms with Gasteiger partial charge in [0.1, 0.15) is 0 Å². The zero-order valence-electron chi connectivity index (χ0n) is 11.8. The lowest BCUT2D eigenvalue weighted by molar-refractivity contribution is 0.0618. The van der Waals surface area contributed by atoms with Crippen molar-refractivity contribution in [3.63, 3.8) is 0 Å². The second kappa shape index (κ2) is 6.15. The number of likely N-dealkylation sites (N-methyl/N-ethyl adjacent to an activating group) is 1. The monoisotopic (exact) mass is 267 g/mol. The number of nitrogens with one attached hydrogen (secondary N) is 1. The van der Waals surface area contributed by atoms with E-state index in [-0.39, 0.29) is 5.54 Å². The van der Waals surface area contributed by atoms with Crippen molar-refractivity contribution in [3.8, 4) is 0 Å². The van der Waals surface area contributed by atoms with E-state index in [1.54, 1.807) is 0 Å². The summed E-state index contributed by atoms with van der Waals surface area (Å²) in [4.78, 5) is 6.43. The van der Waals surface area contributed by atoms with Crippen molar-refractivity contribution in [2.45, 2.75) is 25.9 Å². The highest BCUT2D eigenvalue weighted by Gasteiger charge is 2.28. The molecule has 0 saturated carbocycles. The van der Waals surface area contributed by atoms with Crippen molar-refractivity contribution in [1.29, 1.82) is 0 Å². The second-order valence-corrected chi connectivity index (χ2v) is 6.82. The molecule has 0 aromatic carbocycles. The molecule has 4 heteroatoms. The number of rotatable bonds is 5. The largest absolute Gasteiger partial charge is 0.310 e. The molecular weight excluding hydrogens is 242 g/mol. The minimum Gasteiger partial charge on any atom is -0.310 e. The average molecular weight is 267 g/mol. The molecular formula is C14H25N3S. The van der Waals surface area contributed by atoms with Gasteiger partial charge in [-0.1, -0.05) is 6.07 Å². The molecule has 2 heterocycles. The normalized spacial score (nSPS) is 19.3. The molecule has 0 unspecified atom stereocenters. The van der Waals surface area contributed by atoms with Gasteiger partial charge in [-0.15, -0.1) is 11.3 Å². The summed E-state index contributed by atoms with van der Waals surface area (Å²) in [6.45, 7) is 11.5. The number of piperazine rings is 1. The molecule has 1 aromatic rings. The molecule has 1 fully saturated rings. The Morgan fingerprint density at radius 2 is 2.00 bits per heavy atom. The van der Waals surface area contributed by atoms with Gasteiger partial charge in [-0.25, -0.2) is 0 Å². The summed E-state index contributed by atoms with van der Waals surface area (Å²) in [5, 5.41) is 5.73. The van der Waals surface area contributed by atoms with Crippen molar-refractivity contribution < 1.29 is 0 Å². The van der Waals surface area contributed by atoms with Crippen molar-refractivity contribution in [3.05, 3.63) is 22.4 Å². The first-order valence-electron chi connectivity index (χ1n) is 6.75. The van der Waals surface area contributed by atoms with E-state index in [2.05, 4.69) is 53.5 Å². The van der Waals surface area contributed by atoms with E-state index in [1.807, 2.05) is 11.3 Å². The van der Waals surface area contributed by atoms with E-state index in [1.165, 1.54) is 31.1 Å². The van der Waals surface area contributed by atoms with Crippen LogP contribution < -0.4 is 5.32 Å². The standard InChI is InChI=1S/C14H25N3S/c1-14(2,17-8-6-16(3)7-9-17)12-15-11-13-5-4-10-18-13/h4-5,10,15H,6-9,11-12H2,1-3H3. The van der Waals surface area contributed by atoms with Gasteiger partial charge in [-0.2, -0.15) is 0 Å². The van der Waals surface area contributed by atoms with Crippen LogP contribution in [0.3, 0.4) is 0 Å². The van der Waals surface area contributed by atoms with Crippen molar-refractivity contribution in [1.82, 2.24) is 15.1 Å². The van der Waals surface area contributed by atoms with Gasteiger partial charge in [-0.3, -0.25) is 4.90 Å². The Hall–Kier alpha value is -0.420. The SMILES string of the molecule is CN1CCN(C(C)(C)CNCc2cccs2)CC1. The fourth-order valence-electron chi connectivity index (χ4n) is 2.43. The van der Waals surface area contributed by atoms with Crippen molar-refractivity contribution in [2.24, 2.45) is 0 Å². The first kappa shape index (κ1) is 14.0. The molecule has 0 atom stereocenters. The molecule has 18 heavy (non-hydrogen) atoms. The Bertz CT molecular complexity index is 340. The van der Waals surface area contributed by atoms with E-state index < -0.39 is 0 Å². The van der Waals surface area contributed by atoms with Gasteiger partial charge in [0, 0.05) is 49.7 Å². The third-order valence-corrected chi connectivity index (χ3v) is 4.67. The fraction of sp³-hybridized carbons (Fsp3) is 0.714. The maximum absolute atomic E-state index is 3.59. The molecule has 1 N–H and O–H groups in total. The van der Waals surface area contributed by atoms with Gasteiger partial charge in [-0.05, 0) is 32.3 Å². The number of thiophene rings is 1. The predicted octanol–water partition coefficient (Wildman–Crippen LogP) is 1.86. The van der Waals surface area contributed by atoms with Crippen LogP contribution in [0.25, 0.3) is 0 Å². The van der Waals surface area contributed by atoms with Crippen LogP contribution in [0.2, 0.25) is 0 Å². The summed E-state index contributed by atoms with van der Waals surface area (Å²) < 4.78 is 0. The molecule has 1 saturated heterocycles.